The summed E-state index contributed by atoms with van der Waals surface area (Å²) in [7, 11) is 0. The Morgan fingerprint density at radius 1 is 1.54 bits per heavy atom. The Kier molecular flexibility index (Phi) is 2.28. The fourth-order valence-electron chi connectivity index (χ4n) is 2.09. The lowest BCUT2D eigenvalue weighted by atomic mass is 9.80. The molecule has 0 heterocycles. The first-order valence-electron chi connectivity index (χ1n) is 4.51. The number of ketones is 1. The summed E-state index contributed by atoms with van der Waals surface area (Å²) in [5.41, 5.74) is 0.964. The van der Waals surface area contributed by atoms with Gasteiger partial charge in [-0.05, 0) is 24.8 Å². The Bertz CT molecular complexity index is 309. The zero-order chi connectivity index (χ0) is 9.42. The molecule has 0 radical (unpaired) electrons. The van der Waals surface area contributed by atoms with Crippen LogP contribution >= 0.6 is 15.9 Å². The molecule has 0 fully saturated rings. The molecule has 1 N–H and O–H groups in total. The van der Waals surface area contributed by atoms with Crippen molar-refractivity contribution in [1.82, 2.24) is 0 Å². The van der Waals surface area contributed by atoms with Gasteiger partial charge in [0.25, 0.3) is 0 Å². The third-order valence-electron chi connectivity index (χ3n) is 2.68. The van der Waals surface area contributed by atoms with Crippen molar-refractivity contribution in [3.63, 3.8) is 0 Å². The normalized spacial score (nSPS) is 28.5. The smallest absolute Gasteiger partial charge is 0.157 e. The minimum atomic E-state index is 0.162. The van der Waals surface area contributed by atoms with Gasteiger partial charge in [-0.15, -0.1) is 0 Å². The van der Waals surface area contributed by atoms with Gasteiger partial charge in [0.05, 0.1) is 5.76 Å². The standard InChI is InChI=1S/C10H11BrO2/c11-8-5-7(12)4-6-2-1-3-9(13)10(6)8/h5-6,13H,1-4H2. The van der Waals surface area contributed by atoms with Crippen molar-refractivity contribution < 1.29 is 9.90 Å². The molecule has 1 unspecified atom stereocenters. The van der Waals surface area contributed by atoms with Gasteiger partial charge in [-0.1, -0.05) is 15.9 Å². The summed E-state index contributed by atoms with van der Waals surface area (Å²) in [5.74, 6) is 0.878. The van der Waals surface area contributed by atoms with E-state index in [9.17, 15) is 9.90 Å². The SMILES string of the molecule is O=C1C=C(Br)C2=C(O)CCCC2C1. The van der Waals surface area contributed by atoms with E-state index in [1.165, 1.54) is 0 Å². The summed E-state index contributed by atoms with van der Waals surface area (Å²) in [6.07, 6.45) is 4.91. The summed E-state index contributed by atoms with van der Waals surface area (Å²) in [4.78, 5) is 11.2. The first kappa shape index (κ1) is 9.00. The van der Waals surface area contributed by atoms with E-state index < -0.39 is 0 Å². The number of allylic oxidation sites excluding steroid dienone is 4. The molecule has 3 heteroatoms. The highest BCUT2D eigenvalue weighted by atomic mass is 79.9. The lowest BCUT2D eigenvalue weighted by Crippen LogP contribution is -2.20. The molecule has 0 saturated carbocycles. The summed E-state index contributed by atoms with van der Waals surface area (Å²) in [5, 5.41) is 9.66. The molecular weight excluding hydrogens is 232 g/mol. The van der Waals surface area contributed by atoms with E-state index in [2.05, 4.69) is 15.9 Å². The fraction of sp³-hybridized carbons (Fsp3) is 0.500. The number of hydrogen-bond donors (Lipinski definition) is 1. The van der Waals surface area contributed by atoms with Crippen LogP contribution in [0.4, 0.5) is 0 Å². The molecule has 0 spiro atoms. The average molecular weight is 243 g/mol. The monoisotopic (exact) mass is 242 g/mol. The largest absolute Gasteiger partial charge is 0.512 e. The number of aliphatic hydroxyl groups excluding tert-OH is 1. The van der Waals surface area contributed by atoms with Crippen molar-refractivity contribution in [1.29, 1.82) is 0 Å². The second kappa shape index (κ2) is 3.29. The van der Waals surface area contributed by atoms with E-state index in [0.29, 0.717) is 12.2 Å². The molecule has 1 atom stereocenters. The maximum absolute atomic E-state index is 11.2. The van der Waals surface area contributed by atoms with Crippen LogP contribution in [-0.4, -0.2) is 10.9 Å². The molecule has 0 aromatic heterocycles. The quantitative estimate of drug-likeness (QED) is 0.710. The predicted molar refractivity (Wildman–Crippen MR) is 53.6 cm³/mol. The van der Waals surface area contributed by atoms with Crippen LogP contribution in [0.25, 0.3) is 0 Å². The van der Waals surface area contributed by atoms with E-state index in [1.54, 1.807) is 6.08 Å². The van der Waals surface area contributed by atoms with Gasteiger partial charge in [-0.25, -0.2) is 0 Å². The zero-order valence-electron chi connectivity index (χ0n) is 7.22. The van der Waals surface area contributed by atoms with Crippen molar-refractivity contribution in [3.05, 3.63) is 21.9 Å². The molecule has 70 valence electrons. The summed E-state index contributed by atoms with van der Waals surface area (Å²) >= 11 is 3.33. The highest BCUT2D eigenvalue weighted by molar-refractivity contribution is 9.12. The van der Waals surface area contributed by atoms with Gasteiger partial charge in [0.2, 0.25) is 0 Å². The molecule has 2 aliphatic carbocycles. The molecule has 0 aromatic carbocycles. The second-order valence-corrected chi connectivity index (χ2v) is 4.47. The van der Waals surface area contributed by atoms with Crippen LogP contribution in [0.1, 0.15) is 25.7 Å². The van der Waals surface area contributed by atoms with Crippen LogP contribution in [-0.2, 0) is 4.79 Å². The van der Waals surface area contributed by atoms with E-state index in [-0.39, 0.29) is 11.7 Å². The molecule has 0 saturated heterocycles. The first-order valence-corrected chi connectivity index (χ1v) is 5.30. The van der Waals surface area contributed by atoms with Gasteiger partial charge in [-0.3, -0.25) is 4.79 Å². The average Bonchev–Trinajstić information content (AvgIpc) is 2.02. The number of halogens is 1. The Labute approximate surface area is 85.5 Å². The Morgan fingerprint density at radius 3 is 3.08 bits per heavy atom. The number of aliphatic hydroxyl groups is 1. The lowest BCUT2D eigenvalue weighted by Gasteiger charge is -2.28. The minimum Gasteiger partial charge on any atom is -0.512 e. The van der Waals surface area contributed by atoms with Crippen molar-refractivity contribution >= 4 is 21.7 Å². The van der Waals surface area contributed by atoms with Gasteiger partial charge < -0.3 is 5.11 Å². The Morgan fingerprint density at radius 2 is 2.31 bits per heavy atom. The molecule has 0 aromatic rings. The Hall–Kier alpha value is -0.570. The molecule has 13 heavy (non-hydrogen) atoms. The molecule has 0 bridgehead atoms. The van der Waals surface area contributed by atoms with Crippen molar-refractivity contribution in [2.45, 2.75) is 25.7 Å². The van der Waals surface area contributed by atoms with Crippen LogP contribution in [0, 0.1) is 5.92 Å². The highest BCUT2D eigenvalue weighted by Gasteiger charge is 2.29. The zero-order valence-corrected chi connectivity index (χ0v) is 8.80. The second-order valence-electron chi connectivity index (χ2n) is 3.61. The lowest BCUT2D eigenvalue weighted by molar-refractivity contribution is -0.115. The van der Waals surface area contributed by atoms with E-state index in [1.807, 2.05) is 0 Å². The van der Waals surface area contributed by atoms with Crippen LogP contribution in [0.2, 0.25) is 0 Å². The molecular formula is C10H11BrO2. The Balaban J connectivity index is 2.44. The van der Waals surface area contributed by atoms with Crippen LogP contribution in [0.3, 0.4) is 0 Å². The maximum Gasteiger partial charge on any atom is 0.157 e. The number of carbonyl (C=O) groups is 1. The topological polar surface area (TPSA) is 37.3 Å². The van der Waals surface area contributed by atoms with Crippen LogP contribution < -0.4 is 0 Å². The van der Waals surface area contributed by atoms with Crippen LogP contribution in [0.15, 0.2) is 21.9 Å². The minimum absolute atomic E-state index is 0.162. The van der Waals surface area contributed by atoms with Crippen LogP contribution in [0.5, 0.6) is 0 Å². The third kappa shape index (κ3) is 1.57. The van der Waals surface area contributed by atoms with E-state index in [0.717, 1.165) is 29.3 Å². The molecule has 0 aliphatic heterocycles. The first-order chi connectivity index (χ1) is 6.18. The van der Waals surface area contributed by atoms with Crippen molar-refractivity contribution in [2.24, 2.45) is 5.92 Å². The van der Waals surface area contributed by atoms with E-state index in [4.69, 9.17) is 0 Å². The molecule has 2 nitrogen and oxygen atoms in total. The number of hydrogen-bond acceptors (Lipinski definition) is 2. The van der Waals surface area contributed by atoms with E-state index >= 15 is 0 Å². The van der Waals surface area contributed by atoms with Crippen molar-refractivity contribution in [2.75, 3.05) is 0 Å². The summed E-state index contributed by atoms with van der Waals surface area (Å²) in [6, 6.07) is 0. The van der Waals surface area contributed by atoms with Crippen molar-refractivity contribution in [3.8, 4) is 0 Å². The molecule has 0 amide bonds. The van der Waals surface area contributed by atoms with Gasteiger partial charge in [0.1, 0.15) is 0 Å². The van der Waals surface area contributed by atoms with Gasteiger partial charge in [-0.2, -0.15) is 0 Å². The predicted octanol–water partition coefficient (Wildman–Crippen LogP) is 2.85. The molecule has 2 aliphatic rings. The van der Waals surface area contributed by atoms with Gasteiger partial charge >= 0.3 is 0 Å². The number of rotatable bonds is 0. The number of fused-ring (bicyclic) bond motifs is 1. The maximum atomic E-state index is 11.2. The third-order valence-corrected chi connectivity index (χ3v) is 3.33. The summed E-state index contributed by atoms with van der Waals surface area (Å²) in [6.45, 7) is 0. The summed E-state index contributed by atoms with van der Waals surface area (Å²) < 4.78 is 0.783. The fourth-order valence-corrected chi connectivity index (χ4v) is 2.90. The number of carbonyl (C=O) groups excluding carboxylic acids is 1. The highest BCUT2D eigenvalue weighted by Crippen LogP contribution is 2.40. The molecule has 2 rings (SSSR count). The van der Waals surface area contributed by atoms with Gasteiger partial charge in [0.15, 0.2) is 5.78 Å². The van der Waals surface area contributed by atoms with Gasteiger partial charge in [0, 0.05) is 22.9 Å².